The highest BCUT2D eigenvalue weighted by Gasteiger charge is 2.09. The standard InChI is InChI=1S/C21H19N3S/c1-3-16-8-10-17(11-9-16)20-14-25-21(24-20)18(12-22)13-23-19-7-5-4-6-15(19)2/h4-11,13-14,23H,3H2,1-2H3. The third kappa shape index (κ3) is 3.96. The molecule has 25 heavy (non-hydrogen) atoms. The van der Waals surface area contributed by atoms with Gasteiger partial charge in [0.2, 0.25) is 0 Å². The van der Waals surface area contributed by atoms with Crippen molar-refractivity contribution in [3.63, 3.8) is 0 Å². The molecule has 4 heteroatoms. The second-order valence-corrected chi connectivity index (χ2v) is 6.58. The number of benzene rings is 2. The Morgan fingerprint density at radius 3 is 2.64 bits per heavy atom. The molecule has 0 radical (unpaired) electrons. The number of aromatic nitrogens is 1. The zero-order chi connectivity index (χ0) is 17.6. The maximum absolute atomic E-state index is 9.48. The topological polar surface area (TPSA) is 48.7 Å². The van der Waals surface area contributed by atoms with Gasteiger partial charge < -0.3 is 5.32 Å². The van der Waals surface area contributed by atoms with E-state index in [0.29, 0.717) is 5.57 Å². The summed E-state index contributed by atoms with van der Waals surface area (Å²) >= 11 is 1.48. The molecular weight excluding hydrogens is 326 g/mol. The number of aryl methyl sites for hydroxylation is 2. The van der Waals surface area contributed by atoms with Gasteiger partial charge in [-0.25, -0.2) is 4.98 Å². The number of anilines is 1. The van der Waals surface area contributed by atoms with Crippen LogP contribution in [0.1, 0.15) is 23.1 Å². The lowest BCUT2D eigenvalue weighted by atomic mass is 10.1. The molecule has 0 atom stereocenters. The Labute approximate surface area is 152 Å². The quantitative estimate of drug-likeness (QED) is 0.607. The van der Waals surface area contributed by atoms with Gasteiger partial charge in [0, 0.05) is 22.8 Å². The van der Waals surface area contributed by atoms with Gasteiger partial charge in [-0.3, -0.25) is 0 Å². The number of allylic oxidation sites excluding steroid dienone is 1. The van der Waals surface area contributed by atoms with E-state index in [1.165, 1.54) is 16.9 Å². The smallest absolute Gasteiger partial charge is 0.136 e. The number of thiazole rings is 1. The molecule has 124 valence electrons. The van der Waals surface area contributed by atoms with Gasteiger partial charge in [-0.05, 0) is 30.5 Å². The SMILES string of the molecule is CCc1ccc(-c2csc(C(C#N)=CNc3ccccc3C)n2)cc1. The van der Waals surface area contributed by atoms with Gasteiger partial charge >= 0.3 is 0 Å². The molecule has 0 unspecified atom stereocenters. The first-order valence-corrected chi connectivity index (χ1v) is 9.07. The highest BCUT2D eigenvalue weighted by molar-refractivity contribution is 7.11. The summed E-state index contributed by atoms with van der Waals surface area (Å²) in [5, 5.41) is 15.4. The molecule has 1 N–H and O–H groups in total. The van der Waals surface area contributed by atoms with Gasteiger partial charge in [0.25, 0.3) is 0 Å². The van der Waals surface area contributed by atoms with Gasteiger partial charge in [-0.15, -0.1) is 11.3 Å². The first kappa shape index (κ1) is 16.9. The van der Waals surface area contributed by atoms with Crippen molar-refractivity contribution >= 4 is 22.6 Å². The lowest BCUT2D eigenvalue weighted by Crippen LogP contribution is -1.93. The predicted molar refractivity (Wildman–Crippen MR) is 105 cm³/mol. The van der Waals surface area contributed by atoms with E-state index >= 15 is 0 Å². The van der Waals surface area contributed by atoms with Crippen molar-refractivity contribution in [2.45, 2.75) is 20.3 Å². The van der Waals surface area contributed by atoms with Crippen molar-refractivity contribution < 1.29 is 0 Å². The molecule has 0 saturated carbocycles. The molecule has 1 heterocycles. The van der Waals surface area contributed by atoms with Crippen LogP contribution in [0.2, 0.25) is 0 Å². The predicted octanol–water partition coefficient (Wildman–Crippen LogP) is 5.66. The van der Waals surface area contributed by atoms with Crippen LogP contribution in [-0.2, 0) is 6.42 Å². The molecule has 1 aromatic heterocycles. The second kappa shape index (κ2) is 7.78. The Hall–Kier alpha value is -2.90. The van der Waals surface area contributed by atoms with Crippen LogP contribution in [0, 0.1) is 18.3 Å². The summed E-state index contributed by atoms with van der Waals surface area (Å²) in [6.07, 6.45) is 2.75. The van der Waals surface area contributed by atoms with Crippen molar-refractivity contribution in [2.24, 2.45) is 0 Å². The summed E-state index contributed by atoms with van der Waals surface area (Å²) in [6.45, 7) is 4.17. The largest absolute Gasteiger partial charge is 0.360 e. The van der Waals surface area contributed by atoms with Crippen LogP contribution in [0.4, 0.5) is 5.69 Å². The van der Waals surface area contributed by atoms with Gasteiger partial charge in [0.05, 0.1) is 5.69 Å². The molecule has 0 aliphatic heterocycles. The van der Waals surface area contributed by atoms with Crippen LogP contribution < -0.4 is 5.32 Å². The van der Waals surface area contributed by atoms with Crippen LogP contribution in [0.15, 0.2) is 60.1 Å². The molecule has 0 spiro atoms. The van der Waals surface area contributed by atoms with E-state index in [9.17, 15) is 5.26 Å². The average molecular weight is 345 g/mol. The Bertz CT molecular complexity index is 930. The number of nitrogens with zero attached hydrogens (tertiary/aromatic N) is 2. The number of rotatable bonds is 5. The minimum Gasteiger partial charge on any atom is -0.360 e. The number of nitriles is 1. The summed E-state index contributed by atoms with van der Waals surface area (Å²) in [5.41, 5.74) is 5.93. The molecular formula is C21H19N3S. The first-order valence-electron chi connectivity index (χ1n) is 8.19. The van der Waals surface area contributed by atoms with E-state index in [0.717, 1.165) is 33.9 Å². The Morgan fingerprint density at radius 1 is 1.20 bits per heavy atom. The fourth-order valence-corrected chi connectivity index (χ4v) is 3.26. The first-order chi connectivity index (χ1) is 12.2. The van der Waals surface area contributed by atoms with Crippen molar-refractivity contribution in [2.75, 3.05) is 5.32 Å². The summed E-state index contributed by atoms with van der Waals surface area (Å²) in [5.74, 6) is 0. The van der Waals surface area contributed by atoms with Gasteiger partial charge in [-0.1, -0.05) is 49.4 Å². The maximum Gasteiger partial charge on any atom is 0.136 e. The molecule has 3 aromatic rings. The summed E-state index contributed by atoms with van der Waals surface area (Å²) < 4.78 is 0. The molecule has 0 amide bonds. The van der Waals surface area contributed by atoms with Crippen molar-refractivity contribution in [1.82, 2.24) is 4.98 Å². The molecule has 0 aliphatic rings. The Kier molecular flexibility index (Phi) is 5.27. The average Bonchev–Trinajstić information content (AvgIpc) is 3.14. The van der Waals surface area contributed by atoms with E-state index in [-0.39, 0.29) is 0 Å². The van der Waals surface area contributed by atoms with E-state index in [4.69, 9.17) is 0 Å². The van der Waals surface area contributed by atoms with Crippen molar-refractivity contribution in [3.05, 3.63) is 76.2 Å². The van der Waals surface area contributed by atoms with E-state index in [1.54, 1.807) is 6.20 Å². The second-order valence-electron chi connectivity index (χ2n) is 5.72. The molecule has 3 nitrogen and oxygen atoms in total. The van der Waals surface area contributed by atoms with Gasteiger partial charge in [0.15, 0.2) is 0 Å². The van der Waals surface area contributed by atoms with Crippen LogP contribution in [0.3, 0.4) is 0 Å². The zero-order valence-electron chi connectivity index (χ0n) is 14.3. The third-order valence-electron chi connectivity index (χ3n) is 4.03. The molecule has 2 aromatic carbocycles. The van der Waals surface area contributed by atoms with E-state index < -0.39 is 0 Å². The fourth-order valence-electron chi connectivity index (χ4n) is 2.47. The molecule has 3 rings (SSSR count). The highest BCUT2D eigenvalue weighted by atomic mass is 32.1. The Balaban J connectivity index is 1.82. The minimum atomic E-state index is 0.532. The molecule has 0 aliphatic carbocycles. The normalized spacial score (nSPS) is 11.2. The van der Waals surface area contributed by atoms with Gasteiger partial charge in [-0.2, -0.15) is 5.26 Å². The number of para-hydroxylation sites is 1. The molecule has 0 bridgehead atoms. The highest BCUT2D eigenvalue weighted by Crippen LogP contribution is 2.26. The van der Waals surface area contributed by atoms with E-state index in [2.05, 4.69) is 47.6 Å². The van der Waals surface area contributed by atoms with E-state index in [1.807, 2.05) is 36.6 Å². The Morgan fingerprint density at radius 2 is 1.96 bits per heavy atom. The minimum absolute atomic E-state index is 0.532. The summed E-state index contributed by atoms with van der Waals surface area (Å²) in [7, 11) is 0. The maximum atomic E-state index is 9.48. The molecule has 0 saturated heterocycles. The van der Waals surface area contributed by atoms with Crippen molar-refractivity contribution in [1.29, 1.82) is 5.26 Å². The van der Waals surface area contributed by atoms with Crippen LogP contribution in [-0.4, -0.2) is 4.98 Å². The summed E-state index contributed by atoms with van der Waals surface area (Å²) in [4.78, 5) is 4.63. The lowest BCUT2D eigenvalue weighted by Gasteiger charge is -2.04. The zero-order valence-corrected chi connectivity index (χ0v) is 15.1. The monoisotopic (exact) mass is 345 g/mol. The van der Waals surface area contributed by atoms with Crippen LogP contribution in [0.25, 0.3) is 16.8 Å². The third-order valence-corrected chi connectivity index (χ3v) is 4.91. The van der Waals surface area contributed by atoms with Crippen LogP contribution >= 0.6 is 11.3 Å². The fraction of sp³-hybridized carbons (Fsp3) is 0.143. The number of hydrogen-bond donors (Lipinski definition) is 1. The van der Waals surface area contributed by atoms with Crippen molar-refractivity contribution in [3.8, 4) is 17.3 Å². The summed E-state index contributed by atoms with van der Waals surface area (Å²) in [6, 6.07) is 18.6. The lowest BCUT2D eigenvalue weighted by molar-refractivity contribution is 1.14. The van der Waals surface area contributed by atoms with Gasteiger partial charge in [0.1, 0.15) is 16.6 Å². The molecule has 0 fully saturated rings. The van der Waals surface area contributed by atoms with Crippen LogP contribution in [0.5, 0.6) is 0 Å². The number of hydrogen-bond acceptors (Lipinski definition) is 4. The number of nitrogens with one attached hydrogen (secondary N) is 1.